The molecule has 0 saturated heterocycles. The normalized spacial score (nSPS) is 11.6. The molecule has 2 aromatic carbocycles. The maximum Gasteiger partial charge on any atom is 0.340 e. The van der Waals surface area contributed by atoms with E-state index in [1.54, 1.807) is 24.3 Å². The van der Waals surface area contributed by atoms with Crippen molar-refractivity contribution in [2.75, 3.05) is 0 Å². The lowest BCUT2D eigenvalue weighted by Crippen LogP contribution is -1.92. The first-order valence-corrected chi connectivity index (χ1v) is 6.19. The van der Waals surface area contributed by atoms with Crippen LogP contribution in [0.15, 0.2) is 28.7 Å². The van der Waals surface area contributed by atoms with E-state index >= 15 is 0 Å². The molecule has 0 aliphatic carbocycles. The lowest BCUT2D eigenvalue weighted by Gasteiger charge is -2.02. The van der Waals surface area contributed by atoms with Crippen LogP contribution in [0.5, 0.6) is 5.75 Å². The third-order valence-electron chi connectivity index (χ3n) is 3.20. The maximum absolute atomic E-state index is 11.2. The first kappa shape index (κ1) is 12.4. The van der Waals surface area contributed by atoms with Gasteiger partial charge in [-0.05, 0) is 0 Å². The highest BCUT2D eigenvalue weighted by atomic mass is 16.6. The first-order valence-electron chi connectivity index (χ1n) is 6.19. The summed E-state index contributed by atoms with van der Waals surface area (Å²) in [7, 11) is 0. The number of hydrogen-bond acceptors (Lipinski definition) is 5. The number of benzene rings is 2. The largest absolute Gasteiger partial charge is 0.502 e. The van der Waals surface area contributed by atoms with Gasteiger partial charge in [0.15, 0.2) is 17.0 Å². The van der Waals surface area contributed by atoms with Crippen molar-refractivity contribution in [3.05, 3.63) is 40.3 Å². The first-order chi connectivity index (χ1) is 9.50. The number of aromatic hydroxyl groups is 1. The molecule has 0 radical (unpaired) electrons. The van der Waals surface area contributed by atoms with Crippen LogP contribution < -0.4 is 0 Å². The van der Waals surface area contributed by atoms with E-state index in [2.05, 4.69) is 4.98 Å². The lowest BCUT2D eigenvalue weighted by molar-refractivity contribution is -0.384. The predicted molar refractivity (Wildman–Crippen MR) is 73.9 cm³/mol. The Kier molecular flexibility index (Phi) is 2.60. The van der Waals surface area contributed by atoms with Crippen LogP contribution in [0.1, 0.15) is 25.7 Å². The number of fused-ring (bicyclic) bond motifs is 3. The van der Waals surface area contributed by atoms with Gasteiger partial charge in [-0.3, -0.25) is 10.1 Å². The van der Waals surface area contributed by atoms with Crippen molar-refractivity contribution in [1.82, 2.24) is 4.98 Å². The van der Waals surface area contributed by atoms with Crippen molar-refractivity contribution in [1.29, 1.82) is 0 Å². The van der Waals surface area contributed by atoms with Crippen molar-refractivity contribution >= 4 is 27.6 Å². The fraction of sp³-hybridized carbons (Fsp3) is 0.214. The molecule has 0 aliphatic rings. The zero-order chi connectivity index (χ0) is 14.4. The molecule has 0 atom stereocenters. The van der Waals surface area contributed by atoms with E-state index in [9.17, 15) is 15.2 Å². The highest BCUT2D eigenvalue weighted by molar-refractivity contribution is 6.11. The summed E-state index contributed by atoms with van der Waals surface area (Å²) >= 11 is 0. The Morgan fingerprint density at radius 2 is 1.95 bits per heavy atom. The van der Waals surface area contributed by atoms with Gasteiger partial charge in [-0.1, -0.05) is 38.1 Å². The Morgan fingerprint density at radius 1 is 1.30 bits per heavy atom. The molecular formula is C14H12N2O4. The molecule has 3 rings (SSSR count). The molecule has 1 aromatic heterocycles. The smallest absolute Gasteiger partial charge is 0.340 e. The van der Waals surface area contributed by atoms with Crippen LogP contribution in [0.4, 0.5) is 5.69 Å². The second-order valence-corrected chi connectivity index (χ2v) is 4.88. The number of nitro benzene ring substituents is 1. The van der Waals surface area contributed by atoms with E-state index in [4.69, 9.17) is 4.42 Å². The average molecular weight is 272 g/mol. The molecule has 0 amide bonds. The van der Waals surface area contributed by atoms with Crippen LogP contribution in [-0.2, 0) is 0 Å². The standard InChI is InChI=1S/C14H12N2O4/c1-7(2)14-15-10-11(16(18)19)12(17)8-5-3-4-6-9(8)13(10)20-14/h3-7,17H,1-2H3. The Morgan fingerprint density at radius 3 is 2.55 bits per heavy atom. The summed E-state index contributed by atoms with van der Waals surface area (Å²) in [4.78, 5) is 14.8. The summed E-state index contributed by atoms with van der Waals surface area (Å²) in [5, 5.41) is 22.4. The fourth-order valence-electron chi connectivity index (χ4n) is 2.23. The van der Waals surface area contributed by atoms with Gasteiger partial charge in [0.25, 0.3) is 0 Å². The third-order valence-corrected chi connectivity index (χ3v) is 3.20. The molecule has 0 aliphatic heterocycles. The summed E-state index contributed by atoms with van der Waals surface area (Å²) in [5.41, 5.74) is 0.0260. The van der Waals surface area contributed by atoms with E-state index in [1.165, 1.54) is 0 Å². The number of phenols is 1. The number of oxazole rings is 1. The van der Waals surface area contributed by atoms with Gasteiger partial charge in [-0.25, -0.2) is 4.98 Å². The number of nitro groups is 1. The number of nitrogens with zero attached hydrogens (tertiary/aromatic N) is 2. The molecule has 1 N–H and O–H groups in total. The SMILES string of the molecule is CC(C)c1nc2c([N+](=O)[O-])c(O)c3ccccc3c2o1. The lowest BCUT2D eigenvalue weighted by atomic mass is 10.1. The zero-order valence-corrected chi connectivity index (χ0v) is 11.0. The second-order valence-electron chi connectivity index (χ2n) is 4.88. The molecule has 1 heterocycles. The Hall–Kier alpha value is -2.63. The molecule has 102 valence electrons. The minimum Gasteiger partial charge on any atom is -0.502 e. The van der Waals surface area contributed by atoms with Gasteiger partial charge in [0, 0.05) is 16.7 Å². The molecule has 3 aromatic rings. The number of phenolic OH excluding ortho intramolecular Hbond substituents is 1. The Labute approximate surface area is 113 Å². The molecule has 0 saturated carbocycles. The quantitative estimate of drug-likeness (QED) is 0.567. The van der Waals surface area contributed by atoms with E-state index in [0.717, 1.165) is 0 Å². The number of aromatic nitrogens is 1. The van der Waals surface area contributed by atoms with E-state index in [-0.39, 0.29) is 17.2 Å². The summed E-state index contributed by atoms with van der Waals surface area (Å²) in [6.45, 7) is 3.77. The van der Waals surface area contributed by atoms with Crippen molar-refractivity contribution in [2.24, 2.45) is 0 Å². The van der Waals surface area contributed by atoms with Crippen molar-refractivity contribution in [2.45, 2.75) is 19.8 Å². The number of rotatable bonds is 2. The van der Waals surface area contributed by atoms with Gasteiger partial charge in [-0.2, -0.15) is 0 Å². The van der Waals surface area contributed by atoms with Crippen molar-refractivity contribution < 1.29 is 14.4 Å². The summed E-state index contributed by atoms with van der Waals surface area (Å²) < 4.78 is 5.66. The maximum atomic E-state index is 11.2. The highest BCUT2D eigenvalue weighted by Gasteiger charge is 2.27. The summed E-state index contributed by atoms with van der Waals surface area (Å²) in [6, 6.07) is 6.85. The predicted octanol–water partition coefficient (Wildman–Crippen LogP) is 3.72. The monoisotopic (exact) mass is 272 g/mol. The van der Waals surface area contributed by atoms with Crippen LogP contribution >= 0.6 is 0 Å². The average Bonchev–Trinajstić information content (AvgIpc) is 2.83. The van der Waals surface area contributed by atoms with Crippen LogP contribution in [0, 0.1) is 10.1 Å². The van der Waals surface area contributed by atoms with Crippen LogP contribution in [0.25, 0.3) is 21.9 Å². The topological polar surface area (TPSA) is 89.4 Å². The fourth-order valence-corrected chi connectivity index (χ4v) is 2.23. The molecular weight excluding hydrogens is 260 g/mol. The number of hydrogen-bond donors (Lipinski definition) is 1. The van der Waals surface area contributed by atoms with Gasteiger partial charge in [0.2, 0.25) is 5.75 Å². The molecule has 20 heavy (non-hydrogen) atoms. The van der Waals surface area contributed by atoms with Gasteiger partial charge >= 0.3 is 5.69 Å². The minimum atomic E-state index is -0.628. The van der Waals surface area contributed by atoms with E-state index < -0.39 is 10.6 Å². The van der Waals surface area contributed by atoms with Crippen LogP contribution in [0.3, 0.4) is 0 Å². The van der Waals surface area contributed by atoms with Crippen LogP contribution in [-0.4, -0.2) is 15.0 Å². The van der Waals surface area contributed by atoms with Gasteiger partial charge in [0.1, 0.15) is 0 Å². The Balaban J connectivity index is 2.56. The molecule has 0 spiro atoms. The van der Waals surface area contributed by atoms with Crippen molar-refractivity contribution in [3.8, 4) is 5.75 Å². The highest BCUT2D eigenvalue weighted by Crippen LogP contribution is 2.42. The molecule has 0 unspecified atom stereocenters. The van der Waals surface area contributed by atoms with E-state index in [1.807, 2.05) is 13.8 Å². The molecule has 0 bridgehead atoms. The van der Waals surface area contributed by atoms with Gasteiger partial charge < -0.3 is 9.52 Å². The van der Waals surface area contributed by atoms with Crippen molar-refractivity contribution in [3.63, 3.8) is 0 Å². The minimum absolute atomic E-state index is 0.00269. The van der Waals surface area contributed by atoms with Gasteiger partial charge in [-0.15, -0.1) is 0 Å². The Bertz CT molecular complexity index is 836. The summed E-state index contributed by atoms with van der Waals surface area (Å²) in [5.74, 6) is 0.0449. The van der Waals surface area contributed by atoms with Gasteiger partial charge in [0.05, 0.1) is 4.92 Å². The summed E-state index contributed by atoms with van der Waals surface area (Å²) in [6.07, 6.45) is 0. The van der Waals surface area contributed by atoms with Crippen LogP contribution in [0.2, 0.25) is 0 Å². The molecule has 6 heteroatoms. The molecule has 6 nitrogen and oxygen atoms in total. The zero-order valence-electron chi connectivity index (χ0n) is 11.0. The molecule has 0 fully saturated rings. The third kappa shape index (κ3) is 1.61. The van der Waals surface area contributed by atoms with E-state index in [0.29, 0.717) is 22.2 Å². The second kappa shape index (κ2) is 4.19.